The molecule has 188 valence electrons. The van der Waals surface area contributed by atoms with E-state index in [1.54, 1.807) is 18.3 Å². The Kier molecular flexibility index (Phi) is 6.23. The lowest BCUT2D eigenvalue weighted by Gasteiger charge is -2.13. The number of carbonyl (C=O) groups excluding carboxylic acids is 2. The normalized spacial score (nSPS) is 14.4. The fourth-order valence-corrected chi connectivity index (χ4v) is 4.70. The van der Waals surface area contributed by atoms with Crippen LogP contribution < -0.4 is 5.32 Å². The third-order valence-electron chi connectivity index (χ3n) is 6.47. The number of rotatable bonds is 6. The molecule has 9 heteroatoms. The Hall–Kier alpha value is -4.14. The summed E-state index contributed by atoms with van der Waals surface area (Å²) in [4.78, 5) is 29.4. The van der Waals surface area contributed by atoms with Crippen molar-refractivity contribution >= 4 is 17.4 Å². The molecular formula is C28H19F5N2O2. The third-order valence-corrected chi connectivity index (χ3v) is 6.47. The van der Waals surface area contributed by atoms with Crippen molar-refractivity contribution in [2.45, 2.75) is 32.7 Å². The molecule has 0 atom stereocenters. The molecule has 2 heterocycles. The molecule has 0 aromatic heterocycles. The fraction of sp³-hybridized carbons (Fsp3) is 0.179. The number of amides is 1. The van der Waals surface area contributed by atoms with Crippen molar-refractivity contribution in [3.05, 3.63) is 105 Å². The highest BCUT2D eigenvalue weighted by atomic mass is 19.2. The van der Waals surface area contributed by atoms with E-state index in [4.69, 9.17) is 0 Å². The van der Waals surface area contributed by atoms with Gasteiger partial charge in [0, 0.05) is 54.8 Å². The fourth-order valence-electron chi connectivity index (χ4n) is 4.70. The third kappa shape index (κ3) is 4.45. The van der Waals surface area contributed by atoms with Gasteiger partial charge in [0.25, 0.3) is 5.91 Å². The molecule has 4 nitrogen and oxygen atoms in total. The Morgan fingerprint density at radius 2 is 1.57 bits per heavy atom. The van der Waals surface area contributed by atoms with E-state index in [0.717, 1.165) is 17.4 Å². The van der Waals surface area contributed by atoms with Crippen molar-refractivity contribution < 1.29 is 31.5 Å². The summed E-state index contributed by atoms with van der Waals surface area (Å²) >= 11 is 0. The van der Waals surface area contributed by atoms with Crippen LogP contribution in [0.15, 0.2) is 53.2 Å². The van der Waals surface area contributed by atoms with E-state index in [1.165, 1.54) is 12.1 Å². The predicted octanol–water partition coefficient (Wildman–Crippen LogP) is 5.74. The number of nitrogens with one attached hydrogen (secondary N) is 1. The molecule has 0 saturated heterocycles. The minimum atomic E-state index is -1.64. The molecule has 5 rings (SSSR count). The first-order chi connectivity index (χ1) is 17.6. The Balaban J connectivity index is 1.41. The van der Waals surface area contributed by atoms with Crippen molar-refractivity contribution in [3.8, 4) is 11.1 Å². The topological polar surface area (TPSA) is 58.5 Å². The van der Waals surface area contributed by atoms with Crippen molar-refractivity contribution in [1.29, 1.82) is 0 Å². The number of nitrogens with zero attached hydrogens (tertiary/aromatic N) is 1. The summed E-state index contributed by atoms with van der Waals surface area (Å²) in [6.45, 7) is 2.16. The summed E-state index contributed by atoms with van der Waals surface area (Å²) in [6.07, 6.45) is 1.07. The minimum absolute atomic E-state index is 0.0677. The number of fused-ring (bicyclic) bond motifs is 1. The Bertz CT molecular complexity index is 1530. The van der Waals surface area contributed by atoms with E-state index in [-0.39, 0.29) is 29.6 Å². The lowest BCUT2D eigenvalue weighted by Crippen LogP contribution is -2.15. The van der Waals surface area contributed by atoms with Crippen molar-refractivity contribution in [1.82, 2.24) is 5.32 Å². The summed E-state index contributed by atoms with van der Waals surface area (Å²) < 4.78 is 69.8. The summed E-state index contributed by atoms with van der Waals surface area (Å²) in [5.41, 5.74) is 3.53. The molecular weight excluding hydrogens is 491 g/mol. The molecule has 37 heavy (non-hydrogen) atoms. The van der Waals surface area contributed by atoms with Gasteiger partial charge in [0.2, 0.25) is 0 Å². The monoisotopic (exact) mass is 510 g/mol. The van der Waals surface area contributed by atoms with Crippen LogP contribution in [0.25, 0.3) is 11.1 Å². The molecule has 0 radical (unpaired) electrons. The van der Waals surface area contributed by atoms with Gasteiger partial charge < -0.3 is 5.32 Å². The van der Waals surface area contributed by atoms with Gasteiger partial charge in [-0.15, -0.1) is 0 Å². The highest BCUT2D eigenvalue weighted by Gasteiger charge is 2.29. The minimum Gasteiger partial charge on any atom is -0.348 e. The van der Waals surface area contributed by atoms with Gasteiger partial charge in [-0.2, -0.15) is 0 Å². The van der Waals surface area contributed by atoms with Crippen LogP contribution in [0, 0.1) is 29.1 Å². The zero-order valence-electron chi connectivity index (χ0n) is 19.5. The largest absolute Gasteiger partial charge is 0.348 e. The van der Waals surface area contributed by atoms with Crippen LogP contribution >= 0.6 is 0 Å². The number of carbonyl (C=O) groups is 2. The van der Waals surface area contributed by atoms with E-state index in [2.05, 4.69) is 10.3 Å². The van der Waals surface area contributed by atoms with E-state index in [0.29, 0.717) is 28.7 Å². The number of halogens is 5. The first-order valence-corrected chi connectivity index (χ1v) is 11.4. The van der Waals surface area contributed by atoms with Crippen LogP contribution in [0.2, 0.25) is 0 Å². The summed E-state index contributed by atoms with van der Waals surface area (Å²) in [7, 11) is 0. The van der Waals surface area contributed by atoms with Gasteiger partial charge in [0.1, 0.15) is 11.6 Å². The zero-order valence-corrected chi connectivity index (χ0v) is 19.5. The molecule has 0 fully saturated rings. The van der Waals surface area contributed by atoms with Crippen LogP contribution in [-0.2, 0) is 24.2 Å². The van der Waals surface area contributed by atoms with Crippen LogP contribution in [-0.4, -0.2) is 17.4 Å². The van der Waals surface area contributed by atoms with Gasteiger partial charge in [0.15, 0.2) is 23.3 Å². The number of benzene rings is 3. The first kappa shape index (κ1) is 24.5. The summed E-state index contributed by atoms with van der Waals surface area (Å²) in [6, 6.07) is 7.58. The Morgan fingerprint density at radius 3 is 2.22 bits per heavy atom. The van der Waals surface area contributed by atoms with Gasteiger partial charge in [-0.05, 0) is 35.3 Å². The first-order valence-electron chi connectivity index (χ1n) is 11.4. The van der Waals surface area contributed by atoms with Gasteiger partial charge in [-0.25, -0.2) is 22.0 Å². The number of Topliss-reactive ketones (excluding diaryl/α,β-unsaturated/α-hetero) is 1. The van der Waals surface area contributed by atoms with Gasteiger partial charge in [-0.3, -0.25) is 14.6 Å². The molecule has 3 aromatic carbocycles. The molecule has 0 unspecified atom stereocenters. The summed E-state index contributed by atoms with van der Waals surface area (Å²) in [5.74, 6) is -8.16. The van der Waals surface area contributed by atoms with E-state index >= 15 is 4.39 Å². The maximum Gasteiger partial charge on any atom is 0.252 e. The second-order valence-corrected chi connectivity index (χ2v) is 9.08. The number of allylic oxidation sites excluding steroid dienone is 1. The van der Waals surface area contributed by atoms with E-state index in [9.17, 15) is 27.2 Å². The van der Waals surface area contributed by atoms with Gasteiger partial charge in [0.05, 0.1) is 11.3 Å². The molecule has 0 bridgehead atoms. The average molecular weight is 510 g/mol. The Morgan fingerprint density at radius 1 is 0.892 bits per heavy atom. The maximum atomic E-state index is 15.2. The van der Waals surface area contributed by atoms with Crippen LogP contribution in [0.5, 0.6) is 0 Å². The predicted molar refractivity (Wildman–Crippen MR) is 127 cm³/mol. The molecule has 1 amide bonds. The number of hydrogen-bond acceptors (Lipinski definition) is 3. The van der Waals surface area contributed by atoms with E-state index in [1.807, 2.05) is 6.92 Å². The van der Waals surface area contributed by atoms with Crippen LogP contribution in [0.4, 0.5) is 22.0 Å². The maximum absolute atomic E-state index is 15.2. The molecule has 3 aromatic rings. The highest BCUT2D eigenvalue weighted by Crippen LogP contribution is 2.35. The molecule has 1 N–H and O–H groups in total. The molecule has 0 spiro atoms. The lowest BCUT2D eigenvalue weighted by atomic mass is 9.90. The molecule has 0 aliphatic carbocycles. The second-order valence-electron chi connectivity index (χ2n) is 9.08. The standard InChI is InChI=1S/C28H19F5N2O2/c1-13-6-24(34-11-13)18-5-4-16(20-12-35-28(37)25(18)20)17-3-2-14(8-21(17)29)7-15(36)9-19-26(32)22(30)10-23(31)27(19)33/h2-5,8,10-11H,6-7,9,12H2,1H3,(H,35,37). The average Bonchev–Trinajstić information content (AvgIpc) is 3.46. The van der Waals surface area contributed by atoms with Gasteiger partial charge >= 0.3 is 0 Å². The van der Waals surface area contributed by atoms with Crippen molar-refractivity contribution in [2.24, 2.45) is 4.99 Å². The quantitative estimate of drug-likeness (QED) is 0.340. The van der Waals surface area contributed by atoms with Crippen LogP contribution in [0.1, 0.15) is 46.0 Å². The van der Waals surface area contributed by atoms with Gasteiger partial charge in [-0.1, -0.05) is 24.3 Å². The van der Waals surface area contributed by atoms with E-state index < -0.39 is 53.3 Å². The lowest BCUT2D eigenvalue weighted by molar-refractivity contribution is -0.117. The SMILES string of the molecule is CC1=CN=C(c2ccc(-c3ccc(CC(=O)Cc4c(F)c(F)cc(F)c4F)cc3F)c3c2C(=O)NC3)C1. The zero-order chi connectivity index (χ0) is 26.4. The van der Waals surface area contributed by atoms with Crippen molar-refractivity contribution in [2.75, 3.05) is 0 Å². The number of ketones is 1. The smallest absolute Gasteiger partial charge is 0.252 e. The number of aliphatic imine (C=N–C) groups is 1. The molecule has 2 aliphatic rings. The van der Waals surface area contributed by atoms with Crippen molar-refractivity contribution in [3.63, 3.8) is 0 Å². The highest BCUT2D eigenvalue weighted by molar-refractivity contribution is 6.14. The number of hydrogen-bond donors (Lipinski definition) is 1. The van der Waals surface area contributed by atoms with Crippen LogP contribution in [0.3, 0.4) is 0 Å². The Labute approximate surface area is 208 Å². The second kappa shape index (κ2) is 9.38. The molecule has 0 saturated carbocycles. The molecule has 2 aliphatic heterocycles. The summed E-state index contributed by atoms with van der Waals surface area (Å²) in [5, 5.41) is 2.77.